The molecule has 0 saturated carbocycles. The van der Waals surface area contributed by atoms with Gasteiger partial charge in [0.1, 0.15) is 0 Å². The second-order valence-electron chi connectivity index (χ2n) is 9.44. The summed E-state index contributed by atoms with van der Waals surface area (Å²) in [5.41, 5.74) is 9.14. The fraction of sp³-hybridized carbons (Fsp3) is 0.300. The largest absolute Gasteiger partial charge is 0.322 e. The summed E-state index contributed by atoms with van der Waals surface area (Å²) in [6, 6.07) is 23.5. The zero-order chi connectivity index (χ0) is 22.6. The standard InChI is InChI=1S/C30H32N2O/c1-22-5-9-24(10-6-22)26-13-11-25-12-14-27(20-28(25)19-26)30(33)31-29-15-7-23(8-16-29)21-32-17-3-2-4-18-32/h5-11,13,15-16,19-20H,2-4,12,14,17-18,21H2,1H3,(H,31,33). The third kappa shape index (κ3) is 5.26. The zero-order valence-electron chi connectivity index (χ0n) is 19.4. The number of carbonyl (C=O) groups is 1. The molecule has 3 aromatic carbocycles. The SMILES string of the molecule is Cc1ccc(-c2ccc3c(c2)C=C(C(=O)Nc2ccc(CN4CCCCC4)cc2)CC3)cc1. The number of hydrogen-bond acceptors (Lipinski definition) is 2. The average Bonchev–Trinajstić information content (AvgIpc) is 2.85. The normalized spacial score (nSPS) is 16.1. The van der Waals surface area contributed by atoms with E-state index < -0.39 is 0 Å². The Kier molecular flexibility index (Phi) is 6.41. The molecule has 1 amide bonds. The highest BCUT2D eigenvalue weighted by molar-refractivity contribution is 6.07. The Morgan fingerprint density at radius 3 is 2.33 bits per heavy atom. The van der Waals surface area contributed by atoms with E-state index in [1.54, 1.807) is 0 Å². The van der Waals surface area contributed by atoms with Crippen molar-refractivity contribution in [3.63, 3.8) is 0 Å². The van der Waals surface area contributed by atoms with Crippen molar-refractivity contribution in [2.75, 3.05) is 18.4 Å². The Morgan fingerprint density at radius 2 is 1.58 bits per heavy atom. The Morgan fingerprint density at radius 1 is 0.848 bits per heavy atom. The van der Waals surface area contributed by atoms with Crippen molar-refractivity contribution in [3.05, 3.63) is 94.6 Å². The van der Waals surface area contributed by atoms with E-state index in [0.717, 1.165) is 36.2 Å². The van der Waals surface area contributed by atoms with Crippen LogP contribution >= 0.6 is 0 Å². The Hall–Kier alpha value is -3.17. The maximum Gasteiger partial charge on any atom is 0.251 e. The van der Waals surface area contributed by atoms with Crippen molar-refractivity contribution in [2.24, 2.45) is 0 Å². The minimum atomic E-state index is 0.00479. The summed E-state index contributed by atoms with van der Waals surface area (Å²) < 4.78 is 0. The molecule has 1 N–H and O–H groups in total. The Bertz CT molecular complexity index is 1150. The van der Waals surface area contributed by atoms with Gasteiger partial charge < -0.3 is 5.32 Å². The van der Waals surface area contributed by atoms with Gasteiger partial charge in [-0.05, 0) is 97.8 Å². The number of anilines is 1. The molecule has 0 bridgehead atoms. The monoisotopic (exact) mass is 436 g/mol. The molecule has 3 aromatic rings. The summed E-state index contributed by atoms with van der Waals surface area (Å²) in [6.07, 6.45) is 7.71. The third-order valence-electron chi connectivity index (χ3n) is 6.88. The summed E-state index contributed by atoms with van der Waals surface area (Å²) in [6.45, 7) is 5.49. The van der Waals surface area contributed by atoms with Crippen LogP contribution in [0.25, 0.3) is 17.2 Å². The van der Waals surface area contributed by atoms with Gasteiger partial charge in [-0.25, -0.2) is 0 Å². The van der Waals surface area contributed by atoms with Gasteiger partial charge in [0, 0.05) is 17.8 Å². The van der Waals surface area contributed by atoms with E-state index in [0.29, 0.717) is 0 Å². The second-order valence-corrected chi connectivity index (χ2v) is 9.44. The first-order valence-electron chi connectivity index (χ1n) is 12.2. The van der Waals surface area contributed by atoms with E-state index >= 15 is 0 Å². The Balaban J connectivity index is 1.26. The molecule has 1 aliphatic carbocycles. The molecule has 168 valence electrons. The van der Waals surface area contributed by atoms with Gasteiger partial charge in [-0.2, -0.15) is 0 Å². The number of hydrogen-bond donors (Lipinski definition) is 1. The predicted molar refractivity (Wildman–Crippen MR) is 137 cm³/mol. The highest BCUT2D eigenvalue weighted by atomic mass is 16.1. The van der Waals surface area contributed by atoms with Crippen LogP contribution in [-0.4, -0.2) is 23.9 Å². The number of nitrogens with zero attached hydrogens (tertiary/aromatic N) is 1. The van der Waals surface area contributed by atoms with Crippen molar-refractivity contribution < 1.29 is 4.79 Å². The van der Waals surface area contributed by atoms with E-state index in [4.69, 9.17) is 0 Å². The van der Waals surface area contributed by atoms with Crippen LogP contribution in [0.15, 0.2) is 72.3 Å². The maximum atomic E-state index is 13.0. The van der Waals surface area contributed by atoms with Crippen molar-refractivity contribution in [1.29, 1.82) is 0 Å². The van der Waals surface area contributed by atoms with Crippen LogP contribution in [0.3, 0.4) is 0 Å². The van der Waals surface area contributed by atoms with E-state index in [9.17, 15) is 4.79 Å². The van der Waals surface area contributed by atoms with Gasteiger partial charge in [0.25, 0.3) is 5.91 Å². The zero-order valence-corrected chi connectivity index (χ0v) is 19.4. The molecule has 0 unspecified atom stereocenters. The maximum absolute atomic E-state index is 13.0. The quantitative estimate of drug-likeness (QED) is 0.488. The van der Waals surface area contributed by atoms with Crippen molar-refractivity contribution >= 4 is 17.7 Å². The predicted octanol–water partition coefficient (Wildman–Crippen LogP) is 6.62. The first-order chi connectivity index (χ1) is 16.1. The number of rotatable bonds is 5. The summed E-state index contributed by atoms with van der Waals surface area (Å²) in [5, 5.41) is 3.10. The smallest absolute Gasteiger partial charge is 0.251 e. The fourth-order valence-electron chi connectivity index (χ4n) is 4.87. The number of amides is 1. The highest BCUT2D eigenvalue weighted by Crippen LogP contribution is 2.30. The van der Waals surface area contributed by atoms with Crippen molar-refractivity contribution in [1.82, 2.24) is 4.90 Å². The molecule has 5 rings (SSSR count). The van der Waals surface area contributed by atoms with Crippen molar-refractivity contribution in [2.45, 2.75) is 45.6 Å². The molecule has 0 spiro atoms. The molecule has 1 aliphatic heterocycles. The molecule has 1 heterocycles. The summed E-state index contributed by atoms with van der Waals surface area (Å²) in [5.74, 6) is 0.00479. The Labute approximate surface area is 197 Å². The molecule has 2 aliphatic rings. The molecule has 0 aromatic heterocycles. The van der Waals surface area contributed by atoms with E-state index in [-0.39, 0.29) is 5.91 Å². The first kappa shape index (κ1) is 21.7. The lowest BCUT2D eigenvalue weighted by atomic mass is 9.89. The van der Waals surface area contributed by atoms with Crippen LogP contribution < -0.4 is 5.32 Å². The van der Waals surface area contributed by atoms with Gasteiger partial charge in [0.05, 0.1) is 0 Å². The number of likely N-dealkylation sites (tertiary alicyclic amines) is 1. The summed E-state index contributed by atoms with van der Waals surface area (Å²) >= 11 is 0. The molecular formula is C30H32N2O. The van der Waals surface area contributed by atoms with Crippen LogP contribution in [0.5, 0.6) is 0 Å². The van der Waals surface area contributed by atoms with Crippen molar-refractivity contribution in [3.8, 4) is 11.1 Å². The lowest BCUT2D eigenvalue weighted by Crippen LogP contribution is -2.29. The van der Waals surface area contributed by atoms with Gasteiger partial charge in [-0.3, -0.25) is 9.69 Å². The molecule has 1 saturated heterocycles. The molecule has 3 nitrogen and oxygen atoms in total. The number of carbonyl (C=O) groups excluding carboxylic acids is 1. The van der Waals surface area contributed by atoms with Gasteiger partial charge in [0.15, 0.2) is 0 Å². The molecule has 0 atom stereocenters. The van der Waals surface area contributed by atoms with Gasteiger partial charge in [0.2, 0.25) is 0 Å². The molecule has 3 heteroatoms. The van der Waals surface area contributed by atoms with Crippen LogP contribution in [0.4, 0.5) is 5.69 Å². The van der Waals surface area contributed by atoms with Crippen LogP contribution in [-0.2, 0) is 17.8 Å². The molecule has 0 radical (unpaired) electrons. The molecule has 1 fully saturated rings. The second kappa shape index (κ2) is 9.76. The average molecular weight is 437 g/mol. The topological polar surface area (TPSA) is 32.3 Å². The number of aryl methyl sites for hydroxylation is 2. The van der Waals surface area contributed by atoms with Crippen LogP contribution in [0.1, 0.15) is 47.9 Å². The van der Waals surface area contributed by atoms with Crippen LogP contribution in [0, 0.1) is 6.92 Å². The lowest BCUT2D eigenvalue weighted by molar-refractivity contribution is -0.112. The number of benzene rings is 3. The number of piperidine rings is 1. The minimum Gasteiger partial charge on any atom is -0.322 e. The number of fused-ring (bicyclic) bond motifs is 1. The lowest BCUT2D eigenvalue weighted by Gasteiger charge is -2.26. The summed E-state index contributed by atoms with van der Waals surface area (Å²) in [4.78, 5) is 15.5. The van der Waals surface area contributed by atoms with E-state index in [2.05, 4.69) is 77.8 Å². The minimum absolute atomic E-state index is 0.00479. The highest BCUT2D eigenvalue weighted by Gasteiger charge is 2.17. The summed E-state index contributed by atoms with van der Waals surface area (Å²) in [7, 11) is 0. The molecule has 33 heavy (non-hydrogen) atoms. The van der Waals surface area contributed by atoms with E-state index in [1.165, 1.54) is 60.2 Å². The molecular weight excluding hydrogens is 404 g/mol. The third-order valence-corrected chi connectivity index (χ3v) is 6.88. The van der Waals surface area contributed by atoms with E-state index in [1.807, 2.05) is 12.1 Å². The van der Waals surface area contributed by atoms with Gasteiger partial charge >= 0.3 is 0 Å². The number of nitrogens with one attached hydrogen (secondary N) is 1. The fourth-order valence-corrected chi connectivity index (χ4v) is 4.87. The first-order valence-corrected chi connectivity index (χ1v) is 12.2. The van der Waals surface area contributed by atoms with Gasteiger partial charge in [-0.15, -0.1) is 0 Å². The van der Waals surface area contributed by atoms with Gasteiger partial charge in [-0.1, -0.05) is 60.5 Å². The van der Waals surface area contributed by atoms with Crippen LogP contribution in [0.2, 0.25) is 0 Å².